The Morgan fingerprint density at radius 2 is 2.19 bits per heavy atom. The number of sulfone groups is 1. The topological polar surface area (TPSA) is 79.4 Å². The van der Waals surface area contributed by atoms with E-state index in [0.717, 1.165) is 19.3 Å². The second-order valence-electron chi connectivity index (χ2n) is 7.19. The second kappa shape index (κ2) is 8.20. The van der Waals surface area contributed by atoms with E-state index in [1.807, 2.05) is 11.9 Å². The molecule has 0 spiro atoms. The number of aromatic nitrogens is 1. The van der Waals surface area contributed by atoms with Gasteiger partial charge < -0.3 is 10.2 Å². The summed E-state index contributed by atoms with van der Waals surface area (Å²) < 4.78 is 23.3. The van der Waals surface area contributed by atoms with Gasteiger partial charge in [0.1, 0.15) is 5.82 Å². The molecule has 1 aliphatic heterocycles. The molecule has 6 nitrogen and oxygen atoms in total. The first kappa shape index (κ1) is 18.9. The molecule has 26 heavy (non-hydrogen) atoms. The third-order valence-electron chi connectivity index (χ3n) is 5.24. The Bertz CT molecular complexity index is 772. The van der Waals surface area contributed by atoms with Crippen molar-refractivity contribution in [3.8, 4) is 0 Å². The van der Waals surface area contributed by atoms with Crippen LogP contribution in [0.15, 0.2) is 30.0 Å². The van der Waals surface area contributed by atoms with E-state index < -0.39 is 9.84 Å². The highest BCUT2D eigenvalue weighted by Gasteiger charge is 2.31. The van der Waals surface area contributed by atoms with Crippen molar-refractivity contribution in [1.29, 1.82) is 0 Å². The van der Waals surface area contributed by atoms with Crippen molar-refractivity contribution in [2.45, 2.75) is 44.6 Å². The summed E-state index contributed by atoms with van der Waals surface area (Å²) in [6.07, 6.45) is 10.2. The molecule has 0 bridgehead atoms. The number of hydrogen-bond donors (Lipinski definition) is 1. The summed E-state index contributed by atoms with van der Waals surface area (Å²) in [5.74, 6) is 0.977. The van der Waals surface area contributed by atoms with Gasteiger partial charge in [-0.05, 0) is 50.7 Å². The Balaban J connectivity index is 1.51. The number of nitrogens with one attached hydrogen (secondary N) is 1. The number of carbonyl (C=O) groups is 1. The average molecular weight is 378 g/mol. The molecule has 1 N–H and O–H groups in total. The molecule has 1 unspecified atom stereocenters. The highest BCUT2D eigenvalue weighted by atomic mass is 32.2. The molecule has 1 amide bonds. The lowest BCUT2D eigenvalue weighted by molar-refractivity contribution is 0.0953. The maximum atomic E-state index is 12.2. The third kappa shape index (κ3) is 4.84. The third-order valence-corrected chi connectivity index (χ3v) is 6.99. The van der Waals surface area contributed by atoms with E-state index in [1.54, 1.807) is 18.3 Å². The molecule has 1 fully saturated rings. The summed E-state index contributed by atoms with van der Waals surface area (Å²) in [4.78, 5) is 18.5. The number of anilines is 1. The Morgan fingerprint density at radius 1 is 1.35 bits per heavy atom. The molecule has 3 rings (SSSR count). The van der Waals surface area contributed by atoms with Gasteiger partial charge in [0.2, 0.25) is 0 Å². The van der Waals surface area contributed by atoms with Crippen LogP contribution < -0.4 is 10.2 Å². The first-order chi connectivity index (χ1) is 12.4. The zero-order valence-corrected chi connectivity index (χ0v) is 16.1. The quantitative estimate of drug-likeness (QED) is 0.770. The number of pyridine rings is 1. The highest BCUT2D eigenvalue weighted by molar-refractivity contribution is 7.91. The number of amides is 1. The van der Waals surface area contributed by atoms with Crippen LogP contribution in [0.4, 0.5) is 5.82 Å². The molecule has 0 aromatic carbocycles. The van der Waals surface area contributed by atoms with Crippen molar-refractivity contribution < 1.29 is 13.2 Å². The van der Waals surface area contributed by atoms with Crippen LogP contribution in [0.3, 0.4) is 0 Å². The monoisotopic (exact) mass is 377 g/mol. The van der Waals surface area contributed by atoms with Crippen molar-refractivity contribution in [1.82, 2.24) is 10.3 Å². The lowest BCUT2D eigenvalue weighted by atomic mass is 9.97. The lowest BCUT2D eigenvalue weighted by Gasteiger charge is -2.24. The van der Waals surface area contributed by atoms with Gasteiger partial charge in [0.25, 0.3) is 5.91 Å². The molecule has 2 heterocycles. The predicted octanol–water partition coefficient (Wildman–Crippen LogP) is 2.33. The summed E-state index contributed by atoms with van der Waals surface area (Å²) >= 11 is 0. The molecule has 0 radical (unpaired) electrons. The van der Waals surface area contributed by atoms with Gasteiger partial charge in [-0.2, -0.15) is 0 Å². The molecule has 1 aromatic heterocycles. The number of rotatable bonds is 6. The zero-order chi connectivity index (χ0) is 18.6. The maximum Gasteiger partial charge on any atom is 0.252 e. The second-order valence-corrected chi connectivity index (χ2v) is 9.42. The van der Waals surface area contributed by atoms with Crippen molar-refractivity contribution in [3.63, 3.8) is 0 Å². The fourth-order valence-electron chi connectivity index (χ4n) is 3.57. The van der Waals surface area contributed by atoms with E-state index in [-0.39, 0.29) is 23.5 Å². The number of allylic oxidation sites excluding steroid dienone is 1. The van der Waals surface area contributed by atoms with Crippen molar-refractivity contribution >= 4 is 21.6 Å². The standard InChI is InChI=1S/C19H27N3O3S/c1-22(17-10-12-26(24,25)14-17)18-8-7-16(13-21-18)19(23)20-11-9-15-5-3-2-4-6-15/h5,7-8,13,17H,2-4,6,9-12,14H2,1H3,(H,20,23). The van der Waals surface area contributed by atoms with Crippen molar-refractivity contribution in [2.75, 3.05) is 30.0 Å². The van der Waals surface area contributed by atoms with Crippen LogP contribution in [0.1, 0.15) is 48.9 Å². The van der Waals surface area contributed by atoms with Gasteiger partial charge in [0, 0.05) is 25.8 Å². The fourth-order valence-corrected chi connectivity index (χ4v) is 5.34. The normalized spacial score (nSPS) is 21.9. The maximum absolute atomic E-state index is 12.2. The molecule has 1 aliphatic carbocycles. The predicted molar refractivity (Wildman–Crippen MR) is 103 cm³/mol. The summed E-state index contributed by atoms with van der Waals surface area (Å²) in [6.45, 7) is 0.645. The molecular weight excluding hydrogens is 350 g/mol. The van der Waals surface area contributed by atoms with Crippen molar-refractivity contribution in [2.24, 2.45) is 0 Å². The van der Waals surface area contributed by atoms with E-state index in [0.29, 0.717) is 24.3 Å². The van der Waals surface area contributed by atoms with Gasteiger partial charge in [-0.25, -0.2) is 13.4 Å². The van der Waals surface area contributed by atoms with E-state index in [2.05, 4.69) is 16.4 Å². The van der Waals surface area contributed by atoms with Gasteiger partial charge in [-0.1, -0.05) is 11.6 Å². The Morgan fingerprint density at radius 3 is 2.81 bits per heavy atom. The van der Waals surface area contributed by atoms with Crippen LogP contribution in [0.2, 0.25) is 0 Å². The number of carbonyl (C=O) groups excluding carboxylic acids is 1. The Labute approximate surface area is 155 Å². The van der Waals surface area contributed by atoms with Crippen molar-refractivity contribution in [3.05, 3.63) is 35.5 Å². The van der Waals surface area contributed by atoms with Crippen LogP contribution in [0, 0.1) is 0 Å². The first-order valence-corrected chi connectivity index (χ1v) is 11.1. The molecule has 1 atom stereocenters. The fraction of sp³-hybridized carbons (Fsp3) is 0.579. The van der Waals surface area contributed by atoms with E-state index >= 15 is 0 Å². The summed E-state index contributed by atoms with van der Waals surface area (Å²) in [5.41, 5.74) is 1.97. The minimum absolute atomic E-state index is 0.0454. The van der Waals surface area contributed by atoms with Crippen LogP contribution in [0.25, 0.3) is 0 Å². The molecule has 2 aliphatic rings. The molecule has 1 saturated heterocycles. The van der Waals surface area contributed by atoms with Gasteiger partial charge in [0.15, 0.2) is 9.84 Å². The minimum Gasteiger partial charge on any atom is -0.356 e. The smallest absolute Gasteiger partial charge is 0.252 e. The molecule has 142 valence electrons. The summed E-state index contributed by atoms with van der Waals surface area (Å²) in [7, 11) is -1.08. The Hall–Kier alpha value is -1.89. The van der Waals surface area contributed by atoms with Gasteiger partial charge in [0.05, 0.1) is 17.1 Å². The number of nitrogens with zero attached hydrogens (tertiary/aromatic N) is 2. The SMILES string of the molecule is CN(c1ccc(C(=O)NCCC2=CCCCC2)cn1)C1CCS(=O)(=O)C1. The van der Waals surface area contributed by atoms with Gasteiger partial charge >= 0.3 is 0 Å². The summed E-state index contributed by atoms with van der Waals surface area (Å²) in [5, 5.41) is 2.95. The van der Waals surface area contributed by atoms with Crippen LogP contribution in [-0.2, 0) is 9.84 Å². The molecular formula is C19H27N3O3S. The zero-order valence-electron chi connectivity index (χ0n) is 15.3. The van der Waals surface area contributed by atoms with Crippen LogP contribution in [0.5, 0.6) is 0 Å². The molecule has 1 aromatic rings. The van der Waals surface area contributed by atoms with Crippen LogP contribution in [-0.4, -0.2) is 50.4 Å². The largest absolute Gasteiger partial charge is 0.356 e. The van der Waals surface area contributed by atoms with Crippen LogP contribution >= 0.6 is 0 Å². The van der Waals surface area contributed by atoms with Gasteiger partial charge in [-0.3, -0.25) is 4.79 Å². The highest BCUT2D eigenvalue weighted by Crippen LogP contribution is 2.22. The lowest BCUT2D eigenvalue weighted by Crippen LogP contribution is -2.33. The van der Waals surface area contributed by atoms with E-state index in [9.17, 15) is 13.2 Å². The van der Waals surface area contributed by atoms with E-state index in [1.165, 1.54) is 18.4 Å². The molecule has 7 heteroatoms. The summed E-state index contributed by atoms with van der Waals surface area (Å²) in [6, 6.07) is 3.48. The van der Waals surface area contributed by atoms with E-state index in [4.69, 9.17) is 0 Å². The van der Waals surface area contributed by atoms with Gasteiger partial charge in [-0.15, -0.1) is 0 Å². The molecule has 0 saturated carbocycles. The number of hydrogen-bond acceptors (Lipinski definition) is 5. The first-order valence-electron chi connectivity index (χ1n) is 9.30. The Kier molecular flexibility index (Phi) is 5.96. The average Bonchev–Trinajstić information content (AvgIpc) is 3.02. The minimum atomic E-state index is -2.93.